The van der Waals surface area contributed by atoms with Gasteiger partial charge < -0.3 is 15.1 Å². The fraction of sp³-hybridized carbons (Fsp3) is 0.500. The number of carbonyl (C=O) groups excluding carboxylic acids is 1. The molecule has 0 bridgehead atoms. The Labute approximate surface area is 113 Å². The normalized spacial score (nSPS) is 9.68. The third kappa shape index (κ3) is 4.90. The van der Waals surface area contributed by atoms with Crippen LogP contribution in [0.2, 0.25) is 0 Å². The summed E-state index contributed by atoms with van der Waals surface area (Å²) in [5.41, 5.74) is 0.312. The molecule has 1 N–H and O–H groups in total. The zero-order valence-corrected chi connectivity index (χ0v) is 11.8. The number of rotatable bonds is 4. The summed E-state index contributed by atoms with van der Waals surface area (Å²) in [5.74, 6) is 0.619. The number of nitrogens with zero attached hydrogens (tertiary/aromatic N) is 5. The minimum absolute atomic E-state index is 0.237. The molecule has 1 rings (SSSR count). The van der Waals surface area contributed by atoms with Gasteiger partial charge in [-0.3, -0.25) is 14.8 Å². The van der Waals surface area contributed by atoms with Crippen LogP contribution in [-0.4, -0.2) is 72.9 Å². The third-order valence-electron chi connectivity index (χ3n) is 2.25. The van der Waals surface area contributed by atoms with E-state index in [1.807, 2.05) is 38.0 Å². The molecule has 0 unspecified atom stereocenters. The van der Waals surface area contributed by atoms with E-state index in [1.165, 1.54) is 18.6 Å². The average molecular weight is 264 g/mol. The fourth-order valence-corrected chi connectivity index (χ4v) is 1.52. The zero-order valence-electron chi connectivity index (χ0n) is 11.8. The lowest BCUT2D eigenvalue weighted by atomic mass is 10.4. The topological polar surface area (TPSA) is 73.7 Å². The van der Waals surface area contributed by atoms with Crippen LogP contribution in [0, 0.1) is 0 Å². The first kappa shape index (κ1) is 14.9. The Kier molecular flexibility index (Phi) is 5.72. The molecule has 7 heteroatoms. The SMILES string of the molecule is CN(C)C(=NCCNC(=O)c1cnccn1)N(C)C. The number of aromatic nitrogens is 2. The molecule has 0 aliphatic heterocycles. The number of aliphatic imine (C=N–C) groups is 1. The number of hydrogen-bond acceptors (Lipinski definition) is 4. The number of nitrogens with one attached hydrogen (secondary N) is 1. The van der Waals surface area contributed by atoms with Gasteiger partial charge in [0, 0.05) is 47.1 Å². The summed E-state index contributed by atoms with van der Waals surface area (Å²) in [6.45, 7) is 0.971. The number of amides is 1. The van der Waals surface area contributed by atoms with Crippen molar-refractivity contribution < 1.29 is 4.79 Å². The predicted molar refractivity (Wildman–Crippen MR) is 74.0 cm³/mol. The maximum absolute atomic E-state index is 11.7. The third-order valence-corrected chi connectivity index (χ3v) is 2.25. The molecule has 0 aromatic carbocycles. The minimum Gasteiger partial charge on any atom is -0.349 e. The van der Waals surface area contributed by atoms with Gasteiger partial charge in [-0.1, -0.05) is 0 Å². The Bertz CT molecular complexity index is 419. The molecule has 7 nitrogen and oxygen atoms in total. The molecule has 0 atom stereocenters. The van der Waals surface area contributed by atoms with Crippen molar-refractivity contribution in [3.63, 3.8) is 0 Å². The van der Waals surface area contributed by atoms with E-state index < -0.39 is 0 Å². The molecule has 19 heavy (non-hydrogen) atoms. The molecule has 0 aliphatic carbocycles. The Hall–Kier alpha value is -2.18. The van der Waals surface area contributed by atoms with E-state index in [0.717, 1.165) is 5.96 Å². The summed E-state index contributed by atoms with van der Waals surface area (Å²) in [6.07, 6.45) is 4.45. The smallest absolute Gasteiger partial charge is 0.271 e. The summed E-state index contributed by atoms with van der Waals surface area (Å²) in [5, 5.41) is 2.75. The van der Waals surface area contributed by atoms with Crippen LogP contribution in [0.25, 0.3) is 0 Å². The number of carbonyl (C=O) groups is 1. The van der Waals surface area contributed by atoms with Gasteiger partial charge in [0.15, 0.2) is 5.96 Å². The Balaban J connectivity index is 2.42. The maximum atomic E-state index is 11.7. The van der Waals surface area contributed by atoms with E-state index in [9.17, 15) is 4.79 Å². The van der Waals surface area contributed by atoms with Crippen LogP contribution >= 0.6 is 0 Å². The van der Waals surface area contributed by atoms with Crippen molar-refractivity contribution >= 4 is 11.9 Å². The standard InChI is InChI=1S/C12H20N6O/c1-17(2)12(18(3)4)16-8-7-15-11(19)10-9-13-5-6-14-10/h5-6,9H,7-8H2,1-4H3,(H,15,19). The molecule has 0 spiro atoms. The van der Waals surface area contributed by atoms with E-state index >= 15 is 0 Å². The monoisotopic (exact) mass is 264 g/mol. The van der Waals surface area contributed by atoms with Crippen LogP contribution in [0.3, 0.4) is 0 Å². The van der Waals surface area contributed by atoms with Gasteiger partial charge in [0.05, 0.1) is 12.7 Å². The molecule has 104 valence electrons. The molecule has 0 fully saturated rings. The van der Waals surface area contributed by atoms with Gasteiger partial charge in [-0.25, -0.2) is 4.98 Å². The zero-order chi connectivity index (χ0) is 14.3. The van der Waals surface area contributed by atoms with Gasteiger partial charge in [-0.2, -0.15) is 0 Å². The quantitative estimate of drug-likeness (QED) is 0.458. The second kappa shape index (κ2) is 7.30. The highest BCUT2D eigenvalue weighted by atomic mass is 16.1. The minimum atomic E-state index is -0.237. The van der Waals surface area contributed by atoms with E-state index in [4.69, 9.17) is 0 Å². The molecule has 0 saturated heterocycles. The Morgan fingerprint density at radius 3 is 2.47 bits per heavy atom. The highest BCUT2D eigenvalue weighted by molar-refractivity contribution is 5.91. The van der Waals surface area contributed by atoms with Gasteiger partial charge in [0.2, 0.25) is 0 Å². The Morgan fingerprint density at radius 2 is 1.95 bits per heavy atom. The highest BCUT2D eigenvalue weighted by Gasteiger charge is 2.06. The molecule has 1 aromatic heterocycles. The predicted octanol–water partition coefficient (Wildman–Crippen LogP) is -0.314. The lowest BCUT2D eigenvalue weighted by molar-refractivity contribution is 0.0949. The van der Waals surface area contributed by atoms with Crippen LogP contribution in [0.5, 0.6) is 0 Å². The lowest BCUT2D eigenvalue weighted by Gasteiger charge is -2.22. The summed E-state index contributed by atoms with van der Waals surface area (Å²) in [7, 11) is 7.71. The highest BCUT2D eigenvalue weighted by Crippen LogP contribution is 1.90. The summed E-state index contributed by atoms with van der Waals surface area (Å²) in [4.78, 5) is 27.7. The number of guanidine groups is 1. The molecule has 0 saturated carbocycles. The first-order valence-corrected chi connectivity index (χ1v) is 5.95. The largest absolute Gasteiger partial charge is 0.349 e. The van der Waals surface area contributed by atoms with Gasteiger partial charge in [-0.05, 0) is 0 Å². The van der Waals surface area contributed by atoms with Gasteiger partial charge in [0.1, 0.15) is 5.69 Å². The van der Waals surface area contributed by atoms with Crippen LogP contribution in [0.4, 0.5) is 0 Å². The second-order valence-corrected chi connectivity index (χ2v) is 4.32. The fourth-order valence-electron chi connectivity index (χ4n) is 1.52. The second-order valence-electron chi connectivity index (χ2n) is 4.32. The van der Waals surface area contributed by atoms with Crippen molar-refractivity contribution in [2.45, 2.75) is 0 Å². The average Bonchev–Trinajstić information content (AvgIpc) is 2.38. The molecule has 1 heterocycles. The number of hydrogen-bond donors (Lipinski definition) is 1. The van der Waals surface area contributed by atoms with Gasteiger partial charge >= 0.3 is 0 Å². The van der Waals surface area contributed by atoms with Crippen molar-refractivity contribution in [3.8, 4) is 0 Å². The Morgan fingerprint density at radius 1 is 1.26 bits per heavy atom. The van der Waals surface area contributed by atoms with E-state index in [0.29, 0.717) is 18.8 Å². The summed E-state index contributed by atoms with van der Waals surface area (Å²) >= 11 is 0. The van der Waals surface area contributed by atoms with Crippen LogP contribution < -0.4 is 5.32 Å². The van der Waals surface area contributed by atoms with Crippen LogP contribution in [0.15, 0.2) is 23.6 Å². The lowest BCUT2D eigenvalue weighted by Crippen LogP contribution is -2.36. The first-order valence-electron chi connectivity index (χ1n) is 5.95. The molecule has 0 aliphatic rings. The first-order chi connectivity index (χ1) is 9.02. The summed E-state index contributed by atoms with van der Waals surface area (Å²) in [6, 6.07) is 0. The molecule has 0 radical (unpaired) electrons. The molecular weight excluding hydrogens is 244 g/mol. The molecular formula is C12H20N6O. The van der Waals surface area contributed by atoms with Crippen molar-refractivity contribution in [1.82, 2.24) is 25.1 Å². The van der Waals surface area contributed by atoms with Gasteiger partial charge in [-0.15, -0.1) is 0 Å². The maximum Gasteiger partial charge on any atom is 0.271 e. The van der Waals surface area contributed by atoms with Crippen LogP contribution in [-0.2, 0) is 0 Å². The van der Waals surface area contributed by atoms with Crippen molar-refractivity contribution in [3.05, 3.63) is 24.3 Å². The molecule has 1 amide bonds. The van der Waals surface area contributed by atoms with Crippen molar-refractivity contribution in [1.29, 1.82) is 0 Å². The van der Waals surface area contributed by atoms with Gasteiger partial charge in [0.25, 0.3) is 5.91 Å². The van der Waals surface area contributed by atoms with Crippen LogP contribution in [0.1, 0.15) is 10.5 Å². The van der Waals surface area contributed by atoms with Crippen molar-refractivity contribution in [2.75, 3.05) is 41.3 Å². The van der Waals surface area contributed by atoms with E-state index in [-0.39, 0.29) is 5.91 Å². The van der Waals surface area contributed by atoms with E-state index in [1.54, 1.807) is 0 Å². The summed E-state index contributed by atoms with van der Waals surface area (Å²) < 4.78 is 0. The van der Waals surface area contributed by atoms with E-state index in [2.05, 4.69) is 20.3 Å². The van der Waals surface area contributed by atoms with Crippen molar-refractivity contribution in [2.24, 2.45) is 4.99 Å². The molecule has 1 aromatic rings.